The van der Waals surface area contributed by atoms with Crippen LogP contribution in [0.2, 0.25) is 0 Å². The molecule has 0 bridgehead atoms. The number of carboxylic acid groups (broad SMARTS) is 1. The van der Waals surface area contributed by atoms with Crippen LogP contribution in [0, 0.1) is 0 Å². The molecule has 1 N–H and O–H groups in total. The molecule has 1 heterocycles. The molecule has 2 aromatic rings. The summed E-state index contributed by atoms with van der Waals surface area (Å²) in [6.07, 6.45) is 1.69. The molecule has 1 aromatic carbocycles. The Balaban J connectivity index is 0.000000251. The summed E-state index contributed by atoms with van der Waals surface area (Å²) in [5, 5.41) is 8.03. The average Bonchev–Trinajstić information content (AvgIpc) is 2.52. The smallest absolute Gasteiger partial charge is 0.290 e. The van der Waals surface area contributed by atoms with Gasteiger partial charge in [0.1, 0.15) is 5.58 Å². The Bertz CT molecular complexity index is 394. The summed E-state index contributed by atoms with van der Waals surface area (Å²) in [6, 6.07) is 7.91. The van der Waals surface area contributed by atoms with Gasteiger partial charge in [-0.25, -0.2) is 0 Å². The second-order valence-electron chi connectivity index (χ2n) is 2.21. The topological polar surface area (TPSA) is 50.4 Å². The first-order valence-electron chi connectivity index (χ1n) is 3.48. The Kier molecular flexibility index (Phi) is 3.52. The van der Waals surface area contributed by atoms with Crippen LogP contribution < -0.4 is 0 Å². The number of benzene rings is 1. The van der Waals surface area contributed by atoms with Gasteiger partial charge < -0.3 is 9.52 Å². The first-order chi connectivity index (χ1) is 6.27. The third-order valence-electron chi connectivity index (χ3n) is 1.42. The fraction of sp³-hybridized carbons (Fsp3) is 0. The predicted molar refractivity (Wildman–Crippen MR) is 52.6 cm³/mol. The number of furan rings is 1. The maximum absolute atomic E-state index is 8.36. The standard InChI is InChI=1S/C8H5BrO.CH2O2/c9-7-2-1-6-3-4-10-8(6)5-7;2-1-3/h1-5H;1H,(H,2,3). The molecule has 0 aliphatic rings. The lowest BCUT2D eigenvalue weighted by molar-refractivity contribution is -0.122. The molecule has 13 heavy (non-hydrogen) atoms. The third-order valence-corrected chi connectivity index (χ3v) is 1.91. The lowest BCUT2D eigenvalue weighted by atomic mass is 10.3. The predicted octanol–water partition coefficient (Wildman–Crippen LogP) is 2.90. The van der Waals surface area contributed by atoms with Crippen LogP contribution in [0.1, 0.15) is 0 Å². The van der Waals surface area contributed by atoms with Crippen LogP contribution in [-0.4, -0.2) is 11.6 Å². The van der Waals surface area contributed by atoms with Crippen LogP contribution in [0.5, 0.6) is 0 Å². The van der Waals surface area contributed by atoms with Gasteiger partial charge in [0, 0.05) is 9.86 Å². The van der Waals surface area contributed by atoms with Crippen LogP contribution in [0.4, 0.5) is 0 Å². The highest BCUT2D eigenvalue weighted by molar-refractivity contribution is 9.10. The molecule has 0 spiro atoms. The zero-order valence-corrected chi connectivity index (χ0v) is 8.19. The van der Waals surface area contributed by atoms with E-state index < -0.39 is 0 Å². The highest BCUT2D eigenvalue weighted by Crippen LogP contribution is 2.19. The zero-order valence-electron chi connectivity index (χ0n) is 6.61. The highest BCUT2D eigenvalue weighted by Gasteiger charge is 1.94. The first kappa shape index (κ1) is 9.80. The van der Waals surface area contributed by atoms with Crippen molar-refractivity contribution in [2.24, 2.45) is 0 Å². The van der Waals surface area contributed by atoms with Crippen LogP contribution >= 0.6 is 15.9 Å². The van der Waals surface area contributed by atoms with Gasteiger partial charge in [-0.2, -0.15) is 0 Å². The number of fused-ring (bicyclic) bond motifs is 1. The molecule has 68 valence electrons. The molecule has 0 saturated carbocycles. The van der Waals surface area contributed by atoms with Crippen molar-refractivity contribution in [2.45, 2.75) is 0 Å². The molecule has 0 radical (unpaired) electrons. The van der Waals surface area contributed by atoms with E-state index in [1.54, 1.807) is 6.26 Å². The lowest BCUT2D eigenvalue weighted by Crippen LogP contribution is -1.62. The summed E-state index contributed by atoms with van der Waals surface area (Å²) in [5.74, 6) is 0. The summed E-state index contributed by atoms with van der Waals surface area (Å²) in [6.45, 7) is -0.250. The lowest BCUT2D eigenvalue weighted by Gasteiger charge is -1.87. The molecule has 0 atom stereocenters. The summed E-state index contributed by atoms with van der Waals surface area (Å²) in [5.41, 5.74) is 0.925. The molecule has 0 saturated heterocycles. The molecule has 1 aromatic heterocycles. The largest absolute Gasteiger partial charge is 0.483 e. The fourth-order valence-corrected chi connectivity index (χ4v) is 1.27. The van der Waals surface area contributed by atoms with Gasteiger partial charge in [-0.05, 0) is 18.2 Å². The van der Waals surface area contributed by atoms with E-state index in [2.05, 4.69) is 15.9 Å². The van der Waals surface area contributed by atoms with Gasteiger partial charge >= 0.3 is 0 Å². The van der Waals surface area contributed by atoms with E-state index in [9.17, 15) is 0 Å². The van der Waals surface area contributed by atoms with Crippen LogP contribution in [-0.2, 0) is 4.79 Å². The van der Waals surface area contributed by atoms with Gasteiger partial charge in [0.25, 0.3) is 6.47 Å². The Labute approximate surface area is 83.1 Å². The molecule has 2 rings (SSSR count). The van der Waals surface area contributed by atoms with E-state index in [-0.39, 0.29) is 6.47 Å². The van der Waals surface area contributed by atoms with Crippen LogP contribution in [0.3, 0.4) is 0 Å². The quantitative estimate of drug-likeness (QED) is 0.723. The molecular formula is C9H7BrO3. The van der Waals surface area contributed by atoms with Crippen molar-refractivity contribution in [1.29, 1.82) is 0 Å². The summed E-state index contributed by atoms with van der Waals surface area (Å²) >= 11 is 3.36. The van der Waals surface area contributed by atoms with Crippen molar-refractivity contribution in [3.63, 3.8) is 0 Å². The van der Waals surface area contributed by atoms with Gasteiger partial charge in [0.2, 0.25) is 0 Å². The van der Waals surface area contributed by atoms with Gasteiger partial charge in [-0.15, -0.1) is 0 Å². The van der Waals surface area contributed by atoms with E-state index in [1.807, 2.05) is 24.3 Å². The third kappa shape index (κ3) is 2.59. The zero-order chi connectivity index (χ0) is 9.68. The molecular weight excluding hydrogens is 236 g/mol. The molecule has 0 fully saturated rings. The molecule has 3 nitrogen and oxygen atoms in total. The average molecular weight is 243 g/mol. The molecule has 4 heteroatoms. The number of rotatable bonds is 0. The molecule has 0 aliphatic heterocycles. The van der Waals surface area contributed by atoms with Crippen molar-refractivity contribution < 1.29 is 14.3 Å². The fourth-order valence-electron chi connectivity index (χ4n) is 0.929. The monoisotopic (exact) mass is 242 g/mol. The van der Waals surface area contributed by atoms with E-state index in [1.165, 1.54) is 0 Å². The maximum Gasteiger partial charge on any atom is 0.290 e. The van der Waals surface area contributed by atoms with Crippen molar-refractivity contribution in [3.05, 3.63) is 35.0 Å². The van der Waals surface area contributed by atoms with E-state index in [4.69, 9.17) is 14.3 Å². The summed E-state index contributed by atoms with van der Waals surface area (Å²) in [4.78, 5) is 8.36. The number of hydrogen-bond acceptors (Lipinski definition) is 2. The summed E-state index contributed by atoms with van der Waals surface area (Å²) < 4.78 is 6.22. The van der Waals surface area contributed by atoms with Gasteiger partial charge in [0.05, 0.1) is 6.26 Å². The van der Waals surface area contributed by atoms with Gasteiger partial charge in [0.15, 0.2) is 0 Å². The van der Waals surface area contributed by atoms with Gasteiger partial charge in [-0.1, -0.05) is 22.0 Å². The first-order valence-corrected chi connectivity index (χ1v) is 4.28. The Morgan fingerprint density at radius 1 is 1.38 bits per heavy atom. The van der Waals surface area contributed by atoms with E-state index in [0.29, 0.717) is 0 Å². The SMILES string of the molecule is Brc1ccc2ccoc2c1.O=CO. The minimum atomic E-state index is -0.250. The minimum Gasteiger partial charge on any atom is -0.483 e. The van der Waals surface area contributed by atoms with Crippen molar-refractivity contribution in [2.75, 3.05) is 0 Å². The highest BCUT2D eigenvalue weighted by atomic mass is 79.9. The van der Waals surface area contributed by atoms with Crippen LogP contribution in [0.25, 0.3) is 11.0 Å². The number of halogens is 1. The molecule has 0 unspecified atom stereocenters. The van der Waals surface area contributed by atoms with E-state index >= 15 is 0 Å². The Hall–Kier alpha value is -1.29. The van der Waals surface area contributed by atoms with Gasteiger partial charge in [-0.3, -0.25) is 4.79 Å². The summed E-state index contributed by atoms with van der Waals surface area (Å²) in [7, 11) is 0. The second kappa shape index (κ2) is 4.67. The maximum atomic E-state index is 8.36. The molecule has 0 amide bonds. The van der Waals surface area contributed by atoms with Crippen molar-refractivity contribution in [3.8, 4) is 0 Å². The van der Waals surface area contributed by atoms with E-state index in [0.717, 1.165) is 15.4 Å². The Morgan fingerprint density at radius 2 is 2.08 bits per heavy atom. The minimum absolute atomic E-state index is 0.250. The van der Waals surface area contributed by atoms with Crippen molar-refractivity contribution in [1.82, 2.24) is 0 Å². The van der Waals surface area contributed by atoms with Crippen LogP contribution in [0.15, 0.2) is 39.4 Å². The normalized spacial score (nSPS) is 9.00. The number of hydrogen-bond donors (Lipinski definition) is 1. The van der Waals surface area contributed by atoms with Crippen molar-refractivity contribution >= 4 is 33.4 Å². The Morgan fingerprint density at radius 3 is 2.77 bits per heavy atom. The second-order valence-corrected chi connectivity index (χ2v) is 3.12. The molecule has 0 aliphatic carbocycles. The number of carbonyl (C=O) groups is 1.